The Morgan fingerprint density at radius 3 is 2.52 bits per heavy atom. The first-order valence-corrected chi connectivity index (χ1v) is 11.8. The molecule has 31 heavy (non-hydrogen) atoms. The van der Waals surface area contributed by atoms with E-state index in [1.807, 2.05) is 27.7 Å². The summed E-state index contributed by atoms with van der Waals surface area (Å²) in [5.74, 6) is -3.36. The number of ether oxygens (including phenoxy) is 4. The molecule has 2 fully saturated rings. The number of hydrogen-bond acceptors (Lipinski definition) is 7. The highest BCUT2D eigenvalue weighted by Crippen LogP contribution is 2.51. The molecular formula is C24H40O7. The minimum absolute atomic E-state index is 0.148. The molecular weight excluding hydrogens is 400 g/mol. The van der Waals surface area contributed by atoms with E-state index in [-0.39, 0.29) is 18.1 Å². The van der Waals surface area contributed by atoms with E-state index in [0.717, 1.165) is 12.8 Å². The van der Waals surface area contributed by atoms with Gasteiger partial charge < -0.3 is 29.2 Å². The molecule has 0 saturated carbocycles. The monoisotopic (exact) mass is 440 g/mol. The molecule has 0 radical (unpaired) electrons. The lowest BCUT2D eigenvalue weighted by Gasteiger charge is -2.49. The fraction of sp³-hybridized carbons (Fsp3) is 0.875. The molecule has 3 heterocycles. The molecule has 178 valence electrons. The zero-order valence-electron chi connectivity index (χ0n) is 19.8. The predicted molar refractivity (Wildman–Crippen MR) is 115 cm³/mol. The third-order valence-corrected chi connectivity index (χ3v) is 7.63. The fourth-order valence-electron chi connectivity index (χ4n) is 5.31. The molecule has 2 N–H and O–H groups in total. The Hall–Kier alpha value is -0.990. The van der Waals surface area contributed by atoms with E-state index in [1.165, 1.54) is 6.92 Å². The van der Waals surface area contributed by atoms with Gasteiger partial charge in [0.15, 0.2) is 11.9 Å². The second-order valence-corrected chi connectivity index (χ2v) is 9.92. The normalized spacial score (nSPS) is 46.3. The van der Waals surface area contributed by atoms with Gasteiger partial charge in [-0.25, -0.2) is 0 Å². The minimum atomic E-state index is -1.50. The van der Waals surface area contributed by atoms with Crippen LogP contribution in [0.2, 0.25) is 0 Å². The Bertz CT molecular complexity index is 695. The standard InChI is InChI=1S/C24H40O7/c1-7-9-16(3)23(27)13-11-20(29-18(5)25)24(31-23)15-14-21(6,30-24)19-10-12-22(26,8-2)17(4)28-19/h11,13,16-17,19-20,26-27H,7-10,12,14-15H2,1-6H3/t16-,17+,19-,20-,21+,22-,23+,24+/m1/s1. The molecule has 3 aliphatic rings. The Morgan fingerprint density at radius 1 is 1.23 bits per heavy atom. The zero-order valence-corrected chi connectivity index (χ0v) is 19.8. The Kier molecular flexibility index (Phi) is 6.95. The molecule has 0 aromatic rings. The first-order chi connectivity index (χ1) is 14.4. The average Bonchev–Trinajstić information content (AvgIpc) is 3.04. The molecule has 3 aliphatic heterocycles. The molecule has 3 rings (SSSR count). The molecule has 0 aliphatic carbocycles. The number of aliphatic hydroxyl groups is 2. The minimum Gasteiger partial charge on any atom is -0.453 e. The summed E-state index contributed by atoms with van der Waals surface area (Å²) in [4.78, 5) is 11.8. The third kappa shape index (κ3) is 4.58. The Labute approximate surface area is 186 Å². The van der Waals surface area contributed by atoms with Crippen LogP contribution < -0.4 is 0 Å². The summed E-state index contributed by atoms with van der Waals surface area (Å²) in [6.07, 6.45) is 6.68. The van der Waals surface area contributed by atoms with Crippen LogP contribution in [0.4, 0.5) is 0 Å². The lowest BCUT2D eigenvalue weighted by molar-refractivity contribution is -0.381. The van der Waals surface area contributed by atoms with Crippen molar-refractivity contribution >= 4 is 5.97 Å². The summed E-state index contributed by atoms with van der Waals surface area (Å²) in [5, 5.41) is 22.0. The van der Waals surface area contributed by atoms with Crippen molar-refractivity contribution in [2.75, 3.05) is 0 Å². The SMILES string of the molecule is CCC[C@@H](C)[C@]1(O)C=C[C@@H](OC(C)=O)[C@]2(CC[C@@](C)([C@H]3CC[C@](O)(CC)[C@H](C)O3)O2)O1. The number of hydrogen-bond donors (Lipinski definition) is 2. The van der Waals surface area contributed by atoms with Crippen LogP contribution in [-0.2, 0) is 23.7 Å². The van der Waals surface area contributed by atoms with E-state index < -0.39 is 34.8 Å². The number of esters is 1. The Balaban J connectivity index is 1.85. The molecule has 7 heteroatoms. The topological polar surface area (TPSA) is 94.5 Å². The molecule has 8 atom stereocenters. The van der Waals surface area contributed by atoms with E-state index in [2.05, 4.69) is 6.92 Å². The summed E-state index contributed by atoms with van der Waals surface area (Å²) in [5.41, 5.74) is -1.52. The highest BCUT2D eigenvalue weighted by Gasteiger charge is 2.62. The van der Waals surface area contributed by atoms with Crippen LogP contribution in [0.5, 0.6) is 0 Å². The lowest BCUT2D eigenvalue weighted by Crippen LogP contribution is -2.60. The van der Waals surface area contributed by atoms with E-state index in [9.17, 15) is 15.0 Å². The second kappa shape index (κ2) is 8.75. The van der Waals surface area contributed by atoms with Gasteiger partial charge in [0.25, 0.3) is 0 Å². The van der Waals surface area contributed by atoms with Crippen LogP contribution in [0, 0.1) is 5.92 Å². The highest BCUT2D eigenvalue weighted by atomic mass is 16.8. The quantitative estimate of drug-likeness (QED) is 0.481. The van der Waals surface area contributed by atoms with Gasteiger partial charge in [0.2, 0.25) is 5.79 Å². The van der Waals surface area contributed by atoms with Crippen molar-refractivity contribution in [2.24, 2.45) is 5.92 Å². The van der Waals surface area contributed by atoms with Crippen molar-refractivity contribution in [3.8, 4) is 0 Å². The van der Waals surface area contributed by atoms with E-state index >= 15 is 0 Å². The van der Waals surface area contributed by atoms with E-state index in [0.29, 0.717) is 32.1 Å². The summed E-state index contributed by atoms with van der Waals surface area (Å²) >= 11 is 0. The van der Waals surface area contributed by atoms with Crippen molar-refractivity contribution < 1.29 is 34.0 Å². The van der Waals surface area contributed by atoms with Crippen molar-refractivity contribution in [1.29, 1.82) is 0 Å². The van der Waals surface area contributed by atoms with Crippen LogP contribution in [-0.4, -0.2) is 57.3 Å². The maximum absolute atomic E-state index is 11.8. The van der Waals surface area contributed by atoms with Crippen LogP contribution >= 0.6 is 0 Å². The Morgan fingerprint density at radius 2 is 1.94 bits per heavy atom. The predicted octanol–water partition coefficient (Wildman–Crippen LogP) is 3.60. The zero-order chi connectivity index (χ0) is 23.1. The molecule has 7 nitrogen and oxygen atoms in total. The van der Waals surface area contributed by atoms with Crippen LogP contribution in [0.25, 0.3) is 0 Å². The van der Waals surface area contributed by atoms with Gasteiger partial charge in [-0.3, -0.25) is 4.79 Å². The molecule has 0 amide bonds. The van der Waals surface area contributed by atoms with Gasteiger partial charge >= 0.3 is 5.97 Å². The lowest BCUT2D eigenvalue weighted by atomic mass is 9.80. The molecule has 2 saturated heterocycles. The number of carbonyl (C=O) groups excluding carboxylic acids is 1. The van der Waals surface area contributed by atoms with Crippen molar-refractivity contribution in [2.45, 2.75) is 128 Å². The van der Waals surface area contributed by atoms with Gasteiger partial charge in [-0.05, 0) is 58.1 Å². The summed E-state index contributed by atoms with van der Waals surface area (Å²) in [6.45, 7) is 11.2. The summed E-state index contributed by atoms with van der Waals surface area (Å²) < 4.78 is 24.7. The van der Waals surface area contributed by atoms with Crippen LogP contribution in [0.3, 0.4) is 0 Å². The molecule has 0 unspecified atom stereocenters. The van der Waals surface area contributed by atoms with Crippen LogP contribution in [0.15, 0.2) is 12.2 Å². The molecule has 0 aromatic carbocycles. The maximum atomic E-state index is 11.8. The van der Waals surface area contributed by atoms with Crippen LogP contribution in [0.1, 0.15) is 86.5 Å². The van der Waals surface area contributed by atoms with Gasteiger partial charge in [0.05, 0.1) is 23.4 Å². The van der Waals surface area contributed by atoms with Gasteiger partial charge in [0.1, 0.15) is 0 Å². The van der Waals surface area contributed by atoms with Gasteiger partial charge in [-0.1, -0.05) is 27.2 Å². The van der Waals surface area contributed by atoms with E-state index in [1.54, 1.807) is 12.2 Å². The highest BCUT2D eigenvalue weighted by molar-refractivity contribution is 5.66. The first-order valence-electron chi connectivity index (χ1n) is 11.8. The number of carbonyl (C=O) groups is 1. The van der Waals surface area contributed by atoms with Crippen molar-refractivity contribution in [1.82, 2.24) is 0 Å². The average molecular weight is 441 g/mol. The molecule has 0 aromatic heterocycles. The first kappa shape index (κ1) is 24.6. The fourth-order valence-corrected chi connectivity index (χ4v) is 5.31. The van der Waals surface area contributed by atoms with Gasteiger partial charge in [-0.15, -0.1) is 0 Å². The van der Waals surface area contributed by atoms with Gasteiger partial charge in [0, 0.05) is 19.3 Å². The largest absolute Gasteiger partial charge is 0.453 e. The van der Waals surface area contributed by atoms with Gasteiger partial charge in [-0.2, -0.15) is 0 Å². The molecule has 0 bridgehead atoms. The smallest absolute Gasteiger partial charge is 0.303 e. The number of rotatable bonds is 6. The summed E-state index contributed by atoms with van der Waals surface area (Å²) in [7, 11) is 0. The van der Waals surface area contributed by atoms with Crippen molar-refractivity contribution in [3.63, 3.8) is 0 Å². The van der Waals surface area contributed by atoms with E-state index in [4.69, 9.17) is 18.9 Å². The summed E-state index contributed by atoms with van der Waals surface area (Å²) in [6, 6.07) is 0. The molecule has 1 spiro atoms. The second-order valence-electron chi connectivity index (χ2n) is 9.92. The maximum Gasteiger partial charge on any atom is 0.303 e. The van der Waals surface area contributed by atoms with Crippen molar-refractivity contribution in [3.05, 3.63) is 12.2 Å². The third-order valence-electron chi connectivity index (χ3n) is 7.63.